The van der Waals surface area contributed by atoms with Gasteiger partial charge < -0.3 is 9.47 Å². The molecule has 0 bridgehead atoms. The second-order valence-electron chi connectivity index (χ2n) is 2.72. The van der Waals surface area contributed by atoms with Gasteiger partial charge in [-0.05, 0) is 12.8 Å². The molecule has 1 aliphatic heterocycles. The van der Waals surface area contributed by atoms with E-state index in [9.17, 15) is 0 Å². The van der Waals surface area contributed by atoms with Crippen LogP contribution in [0.2, 0.25) is 0 Å². The molecular formula is C7H14O2. The first-order valence-electron chi connectivity index (χ1n) is 3.42. The van der Waals surface area contributed by atoms with Crippen molar-refractivity contribution in [2.24, 2.45) is 5.92 Å². The molecule has 1 aliphatic rings. The number of hydrogen-bond acceptors (Lipinski definition) is 2. The molecule has 1 heterocycles. The molecule has 2 unspecified atom stereocenters. The van der Waals surface area contributed by atoms with E-state index in [4.69, 9.17) is 9.47 Å². The van der Waals surface area contributed by atoms with Crippen molar-refractivity contribution in [3.8, 4) is 0 Å². The lowest BCUT2D eigenvalue weighted by Crippen LogP contribution is -2.10. The Hall–Kier alpha value is -0.0800. The minimum absolute atomic E-state index is 0.0509. The van der Waals surface area contributed by atoms with Gasteiger partial charge in [-0.25, -0.2) is 0 Å². The van der Waals surface area contributed by atoms with Crippen LogP contribution in [0.4, 0.5) is 0 Å². The van der Waals surface area contributed by atoms with E-state index in [0.29, 0.717) is 12.0 Å². The Morgan fingerprint density at radius 2 is 2.11 bits per heavy atom. The van der Waals surface area contributed by atoms with Gasteiger partial charge in [0, 0.05) is 13.5 Å². The molecule has 0 aromatic rings. The Bertz CT molecular complexity index is 82.9. The van der Waals surface area contributed by atoms with E-state index in [1.54, 1.807) is 7.11 Å². The van der Waals surface area contributed by atoms with Crippen LogP contribution in [0, 0.1) is 5.92 Å². The Labute approximate surface area is 56.2 Å². The van der Waals surface area contributed by atoms with Crippen LogP contribution < -0.4 is 0 Å². The number of methoxy groups -OCH3 is 1. The van der Waals surface area contributed by atoms with Crippen molar-refractivity contribution < 1.29 is 9.47 Å². The molecule has 9 heavy (non-hydrogen) atoms. The van der Waals surface area contributed by atoms with Gasteiger partial charge in [-0.3, -0.25) is 0 Å². The van der Waals surface area contributed by atoms with Crippen molar-refractivity contribution in [2.75, 3.05) is 7.11 Å². The molecule has 0 amide bonds. The molecule has 3 atom stereocenters. The van der Waals surface area contributed by atoms with E-state index in [2.05, 4.69) is 13.8 Å². The van der Waals surface area contributed by atoms with E-state index in [1.807, 2.05) is 0 Å². The first-order valence-corrected chi connectivity index (χ1v) is 3.42. The van der Waals surface area contributed by atoms with Gasteiger partial charge in [-0.2, -0.15) is 0 Å². The van der Waals surface area contributed by atoms with Crippen molar-refractivity contribution >= 4 is 0 Å². The van der Waals surface area contributed by atoms with Crippen molar-refractivity contribution in [3.05, 3.63) is 0 Å². The molecule has 0 aromatic heterocycles. The molecule has 0 aliphatic carbocycles. The van der Waals surface area contributed by atoms with Gasteiger partial charge in [0.1, 0.15) is 0 Å². The second kappa shape index (κ2) is 2.67. The summed E-state index contributed by atoms with van der Waals surface area (Å²) in [6.45, 7) is 4.27. The Morgan fingerprint density at radius 1 is 1.44 bits per heavy atom. The number of hydrogen-bond donors (Lipinski definition) is 0. The maximum Gasteiger partial charge on any atom is 0.157 e. The maximum atomic E-state index is 5.40. The Kier molecular flexibility index (Phi) is 2.09. The summed E-state index contributed by atoms with van der Waals surface area (Å²) >= 11 is 0. The Morgan fingerprint density at radius 3 is 2.33 bits per heavy atom. The highest BCUT2D eigenvalue weighted by Gasteiger charge is 2.28. The van der Waals surface area contributed by atoms with Crippen molar-refractivity contribution in [1.29, 1.82) is 0 Å². The Balaban J connectivity index is 2.35. The highest BCUT2D eigenvalue weighted by atomic mass is 16.7. The molecule has 1 fully saturated rings. The third-order valence-electron chi connectivity index (χ3n) is 1.99. The third-order valence-corrected chi connectivity index (χ3v) is 1.99. The second-order valence-corrected chi connectivity index (χ2v) is 2.72. The highest BCUT2D eigenvalue weighted by Crippen LogP contribution is 2.25. The van der Waals surface area contributed by atoms with Crippen LogP contribution in [0.1, 0.15) is 20.3 Å². The zero-order valence-electron chi connectivity index (χ0n) is 6.26. The van der Waals surface area contributed by atoms with Gasteiger partial charge >= 0.3 is 0 Å². The average molecular weight is 130 g/mol. The van der Waals surface area contributed by atoms with Crippen LogP contribution in [-0.2, 0) is 9.47 Å². The monoisotopic (exact) mass is 130 g/mol. The SMILES string of the molecule is COC1CC(C)[C@H](C)O1. The molecule has 0 N–H and O–H groups in total. The maximum absolute atomic E-state index is 5.40. The lowest BCUT2D eigenvalue weighted by atomic mass is 10.1. The normalized spacial score (nSPS) is 43.7. The van der Waals surface area contributed by atoms with E-state index < -0.39 is 0 Å². The van der Waals surface area contributed by atoms with Gasteiger partial charge in [0.25, 0.3) is 0 Å². The molecule has 54 valence electrons. The fourth-order valence-electron chi connectivity index (χ4n) is 1.08. The summed E-state index contributed by atoms with van der Waals surface area (Å²) in [4.78, 5) is 0. The van der Waals surface area contributed by atoms with Crippen LogP contribution >= 0.6 is 0 Å². The van der Waals surface area contributed by atoms with Gasteiger partial charge in [-0.1, -0.05) is 6.92 Å². The molecule has 0 radical (unpaired) electrons. The topological polar surface area (TPSA) is 18.5 Å². The fourth-order valence-corrected chi connectivity index (χ4v) is 1.08. The zero-order chi connectivity index (χ0) is 6.85. The van der Waals surface area contributed by atoms with Crippen molar-refractivity contribution in [2.45, 2.75) is 32.7 Å². The van der Waals surface area contributed by atoms with E-state index in [-0.39, 0.29) is 6.29 Å². The third kappa shape index (κ3) is 1.43. The summed E-state index contributed by atoms with van der Waals surface area (Å²) in [6.07, 6.45) is 1.46. The molecule has 2 heteroatoms. The van der Waals surface area contributed by atoms with Crippen molar-refractivity contribution in [1.82, 2.24) is 0 Å². The fraction of sp³-hybridized carbons (Fsp3) is 1.00. The van der Waals surface area contributed by atoms with Crippen molar-refractivity contribution in [3.63, 3.8) is 0 Å². The van der Waals surface area contributed by atoms with Crippen LogP contribution in [-0.4, -0.2) is 19.5 Å². The van der Waals surface area contributed by atoms with Gasteiger partial charge in [0.2, 0.25) is 0 Å². The molecule has 1 saturated heterocycles. The summed E-state index contributed by atoms with van der Waals surface area (Å²) < 4.78 is 10.4. The lowest BCUT2D eigenvalue weighted by molar-refractivity contribution is -0.111. The number of rotatable bonds is 1. The predicted octanol–water partition coefficient (Wildman–Crippen LogP) is 1.40. The summed E-state index contributed by atoms with van der Waals surface area (Å²) in [5.41, 5.74) is 0. The van der Waals surface area contributed by atoms with Gasteiger partial charge in [-0.15, -0.1) is 0 Å². The lowest BCUT2D eigenvalue weighted by Gasteiger charge is -2.07. The summed E-state index contributed by atoms with van der Waals surface area (Å²) in [5.74, 6) is 0.648. The zero-order valence-corrected chi connectivity index (χ0v) is 6.26. The molecule has 1 rings (SSSR count). The first kappa shape index (κ1) is 7.03. The standard InChI is InChI=1S/C7H14O2/c1-5-4-7(8-3)9-6(5)2/h5-7H,4H2,1-3H3/t5?,6-,7?/m0/s1. The van der Waals surface area contributed by atoms with E-state index in [0.717, 1.165) is 6.42 Å². The average Bonchev–Trinajstić information content (AvgIpc) is 2.13. The van der Waals surface area contributed by atoms with Crippen LogP contribution in [0.15, 0.2) is 0 Å². The minimum atomic E-state index is 0.0509. The van der Waals surface area contributed by atoms with Gasteiger partial charge in [0.15, 0.2) is 6.29 Å². The highest BCUT2D eigenvalue weighted by molar-refractivity contribution is 4.70. The quantitative estimate of drug-likeness (QED) is 0.534. The smallest absolute Gasteiger partial charge is 0.157 e. The van der Waals surface area contributed by atoms with Gasteiger partial charge in [0.05, 0.1) is 6.10 Å². The largest absolute Gasteiger partial charge is 0.356 e. The molecule has 0 saturated carbocycles. The van der Waals surface area contributed by atoms with Crippen LogP contribution in [0.5, 0.6) is 0 Å². The molecule has 2 nitrogen and oxygen atoms in total. The molecule has 0 aromatic carbocycles. The van der Waals surface area contributed by atoms with E-state index >= 15 is 0 Å². The van der Waals surface area contributed by atoms with Crippen LogP contribution in [0.3, 0.4) is 0 Å². The predicted molar refractivity (Wildman–Crippen MR) is 35.1 cm³/mol. The number of ether oxygens (including phenoxy) is 2. The molecular weight excluding hydrogens is 116 g/mol. The first-order chi connectivity index (χ1) is 4.24. The minimum Gasteiger partial charge on any atom is -0.356 e. The summed E-state index contributed by atoms with van der Waals surface area (Å²) in [5, 5.41) is 0. The molecule has 0 spiro atoms. The van der Waals surface area contributed by atoms with Crippen LogP contribution in [0.25, 0.3) is 0 Å². The van der Waals surface area contributed by atoms with E-state index in [1.165, 1.54) is 0 Å². The summed E-state index contributed by atoms with van der Waals surface area (Å²) in [6, 6.07) is 0. The summed E-state index contributed by atoms with van der Waals surface area (Å²) in [7, 11) is 1.69.